The predicted octanol–water partition coefficient (Wildman–Crippen LogP) is 4.93. The monoisotopic (exact) mass is 284 g/mol. The van der Waals surface area contributed by atoms with Gasteiger partial charge >= 0.3 is 0 Å². The molecule has 0 aliphatic heterocycles. The van der Waals surface area contributed by atoms with Gasteiger partial charge < -0.3 is 5.11 Å². The van der Waals surface area contributed by atoms with Gasteiger partial charge in [-0.05, 0) is 22.8 Å². The number of benzene rings is 3. The van der Waals surface area contributed by atoms with Gasteiger partial charge in [0.15, 0.2) is 0 Å². The fourth-order valence-corrected chi connectivity index (χ4v) is 3.46. The molecule has 0 amide bonds. The van der Waals surface area contributed by atoms with E-state index in [0.29, 0.717) is 5.76 Å². The minimum atomic E-state index is -0.427. The molecule has 0 radical (unpaired) electrons. The first-order chi connectivity index (χ1) is 10.8. The van der Waals surface area contributed by atoms with E-state index in [2.05, 4.69) is 30.3 Å². The Hall–Kier alpha value is -2.80. The molecule has 1 nitrogen and oxygen atoms in total. The van der Waals surface area contributed by atoms with Gasteiger partial charge in [0.2, 0.25) is 0 Å². The third-order valence-corrected chi connectivity index (χ3v) is 4.44. The molecular weight excluding hydrogens is 268 g/mol. The largest absolute Gasteiger partial charge is 0.508 e. The van der Waals surface area contributed by atoms with Crippen molar-refractivity contribution in [2.24, 2.45) is 0 Å². The summed E-state index contributed by atoms with van der Waals surface area (Å²) in [5.74, 6) is 0.350. The van der Waals surface area contributed by atoms with Gasteiger partial charge in [0.05, 0.1) is 5.41 Å². The van der Waals surface area contributed by atoms with Crippen molar-refractivity contribution in [3.8, 4) is 0 Å². The molecule has 1 N–H and O–H groups in total. The molecule has 0 unspecified atom stereocenters. The zero-order chi connectivity index (χ0) is 15.0. The van der Waals surface area contributed by atoms with E-state index in [1.165, 1.54) is 0 Å². The van der Waals surface area contributed by atoms with Gasteiger partial charge in [0, 0.05) is 5.56 Å². The fraction of sp³-hybridized carbons (Fsp3) is 0.0476. The van der Waals surface area contributed by atoms with Crippen LogP contribution in [0, 0.1) is 0 Å². The van der Waals surface area contributed by atoms with Crippen LogP contribution in [0.4, 0.5) is 0 Å². The molecule has 0 saturated heterocycles. The molecule has 0 atom stereocenters. The summed E-state index contributed by atoms with van der Waals surface area (Å²) in [6.07, 6.45) is 1.97. The molecule has 3 aromatic carbocycles. The molecule has 0 saturated carbocycles. The number of hydrogen-bond acceptors (Lipinski definition) is 1. The summed E-state index contributed by atoms with van der Waals surface area (Å²) in [6, 6.07) is 28.8. The van der Waals surface area contributed by atoms with E-state index in [9.17, 15) is 5.11 Å². The highest BCUT2D eigenvalue weighted by Gasteiger charge is 2.41. The molecular formula is C21H16O. The number of rotatable bonds is 2. The van der Waals surface area contributed by atoms with Gasteiger partial charge in [0.25, 0.3) is 0 Å². The number of allylic oxidation sites excluding steroid dienone is 1. The maximum absolute atomic E-state index is 10.5. The van der Waals surface area contributed by atoms with Crippen LogP contribution in [-0.4, -0.2) is 5.11 Å². The highest BCUT2D eigenvalue weighted by molar-refractivity contribution is 5.77. The third-order valence-electron chi connectivity index (χ3n) is 4.44. The quantitative estimate of drug-likeness (QED) is 0.707. The summed E-state index contributed by atoms with van der Waals surface area (Å²) < 4.78 is 0. The lowest BCUT2D eigenvalue weighted by Gasteiger charge is -2.30. The first kappa shape index (κ1) is 12.9. The molecule has 1 aliphatic rings. The third kappa shape index (κ3) is 1.72. The average molecular weight is 284 g/mol. The van der Waals surface area contributed by atoms with Crippen LogP contribution in [0.25, 0.3) is 5.76 Å². The fourth-order valence-electron chi connectivity index (χ4n) is 3.46. The molecule has 3 aromatic rings. The average Bonchev–Trinajstić information content (AvgIpc) is 2.91. The second kappa shape index (κ2) is 4.88. The molecule has 0 bridgehead atoms. The van der Waals surface area contributed by atoms with E-state index in [4.69, 9.17) is 0 Å². The standard InChI is InChI=1S/C21H16O/c22-20-15-21(16-9-3-1-4-10-16,17-11-5-2-6-12-17)19-14-8-7-13-18(19)20/h1-15,22H. The highest BCUT2D eigenvalue weighted by Crippen LogP contribution is 2.48. The Morgan fingerprint density at radius 1 is 0.591 bits per heavy atom. The summed E-state index contributed by atoms with van der Waals surface area (Å²) in [6.45, 7) is 0. The van der Waals surface area contributed by atoms with E-state index >= 15 is 0 Å². The zero-order valence-corrected chi connectivity index (χ0v) is 12.1. The minimum absolute atomic E-state index is 0.350. The van der Waals surface area contributed by atoms with E-state index in [-0.39, 0.29) is 0 Å². The summed E-state index contributed by atoms with van der Waals surface area (Å²) in [4.78, 5) is 0. The first-order valence-electron chi connectivity index (χ1n) is 7.45. The Morgan fingerprint density at radius 3 is 1.68 bits per heavy atom. The van der Waals surface area contributed by atoms with E-state index in [1.54, 1.807) is 0 Å². The SMILES string of the molecule is OC1=CC(c2ccccc2)(c2ccccc2)c2ccccc21. The van der Waals surface area contributed by atoms with Crippen LogP contribution < -0.4 is 0 Å². The van der Waals surface area contributed by atoms with Crippen LogP contribution in [-0.2, 0) is 5.41 Å². The van der Waals surface area contributed by atoms with Crippen molar-refractivity contribution < 1.29 is 5.11 Å². The molecule has 22 heavy (non-hydrogen) atoms. The molecule has 1 aliphatic carbocycles. The lowest BCUT2D eigenvalue weighted by Crippen LogP contribution is -2.25. The molecule has 0 aromatic heterocycles. The van der Waals surface area contributed by atoms with Crippen LogP contribution in [0.15, 0.2) is 91.0 Å². The molecule has 4 rings (SSSR count). The van der Waals surface area contributed by atoms with Gasteiger partial charge in [-0.2, -0.15) is 0 Å². The van der Waals surface area contributed by atoms with Crippen LogP contribution in [0.5, 0.6) is 0 Å². The highest BCUT2D eigenvalue weighted by atomic mass is 16.3. The number of aliphatic hydroxyl groups excluding tert-OH is 1. The topological polar surface area (TPSA) is 20.2 Å². The summed E-state index contributed by atoms with van der Waals surface area (Å²) in [5.41, 5.74) is 3.94. The maximum atomic E-state index is 10.5. The second-order valence-electron chi connectivity index (χ2n) is 5.62. The van der Waals surface area contributed by atoms with E-state index in [0.717, 1.165) is 22.3 Å². The Labute approximate surface area is 130 Å². The van der Waals surface area contributed by atoms with E-state index in [1.807, 2.05) is 60.7 Å². The molecule has 0 fully saturated rings. The van der Waals surface area contributed by atoms with Crippen molar-refractivity contribution in [3.05, 3.63) is 113 Å². The van der Waals surface area contributed by atoms with Crippen molar-refractivity contribution >= 4 is 5.76 Å². The summed E-state index contributed by atoms with van der Waals surface area (Å²) >= 11 is 0. The minimum Gasteiger partial charge on any atom is -0.508 e. The van der Waals surface area contributed by atoms with Gasteiger partial charge in [-0.3, -0.25) is 0 Å². The van der Waals surface area contributed by atoms with Crippen molar-refractivity contribution in [1.29, 1.82) is 0 Å². The Bertz CT molecular complexity index is 793. The zero-order valence-electron chi connectivity index (χ0n) is 12.1. The van der Waals surface area contributed by atoms with Crippen LogP contribution in [0.2, 0.25) is 0 Å². The molecule has 0 spiro atoms. The van der Waals surface area contributed by atoms with Crippen molar-refractivity contribution in [3.63, 3.8) is 0 Å². The Morgan fingerprint density at radius 2 is 1.09 bits per heavy atom. The summed E-state index contributed by atoms with van der Waals surface area (Å²) in [5, 5.41) is 10.5. The lowest BCUT2D eigenvalue weighted by molar-refractivity contribution is 0.512. The second-order valence-corrected chi connectivity index (χ2v) is 5.62. The van der Waals surface area contributed by atoms with Crippen LogP contribution >= 0.6 is 0 Å². The van der Waals surface area contributed by atoms with E-state index < -0.39 is 5.41 Å². The smallest absolute Gasteiger partial charge is 0.120 e. The number of aliphatic hydroxyl groups is 1. The Kier molecular flexibility index (Phi) is 2.87. The summed E-state index contributed by atoms with van der Waals surface area (Å²) in [7, 11) is 0. The van der Waals surface area contributed by atoms with Crippen LogP contribution in [0.1, 0.15) is 22.3 Å². The van der Waals surface area contributed by atoms with Crippen molar-refractivity contribution in [2.45, 2.75) is 5.41 Å². The number of hydrogen-bond donors (Lipinski definition) is 1. The predicted molar refractivity (Wildman–Crippen MR) is 89.8 cm³/mol. The lowest BCUT2D eigenvalue weighted by atomic mass is 9.71. The van der Waals surface area contributed by atoms with Gasteiger partial charge in [-0.15, -0.1) is 0 Å². The molecule has 106 valence electrons. The van der Waals surface area contributed by atoms with Crippen LogP contribution in [0.3, 0.4) is 0 Å². The first-order valence-corrected chi connectivity index (χ1v) is 7.45. The maximum Gasteiger partial charge on any atom is 0.120 e. The van der Waals surface area contributed by atoms with Gasteiger partial charge in [0.1, 0.15) is 5.76 Å². The Balaban J connectivity index is 2.09. The molecule has 1 heteroatoms. The van der Waals surface area contributed by atoms with Crippen molar-refractivity contribution in [1.82, 2.24) is 0 Å². The molecule has 0 heterocycles. The van der Waals surface area contributed by atoms with Gasteiger partial charge in [-0.1, -0.05) is 84.9 Å². The van der Waals surface area contributed by atoms with Crippen molar-refractivity contribution in [2.75, 3.05) is 0 Å². The normalized spacial score (nSPS) is 15.2. The number of fused-ring (bicyclic) bond motifs is 1. The van der Waals surface area contributed by atoms with Gasteiger partial charge in [-0.25, -0.2) is 0 Å².